The molecule has 1 aromatic carbocycles. The normalized spacial score (nSPS) is 11.7. The van der Waals surface area contributed by atoms with E-state index in [1.807, 2.05) is 0 Å². The summed E-state index contributed by atoms with van der Waals surface area (Å²) in [6.07, 6.45) is 0.632. The van der Waals surface area contributed by atoms with Crippen LogP contribution in [-0.4, -0.2) is 32.6 Å². The fraction of sp³-hybridized carbons (Fsp3) is 0.200. The summed E-state index contributed by atoms with van der Waals surface area (Å²) in [6.45, 7) is 0.348. The zero-order valence-electron chi connectivity index (χ0n) is 16.4. The van der Waals surface area contributed by atoms with Gasteiger partial charge in [-0.15, -0.1) is 0 Å². The maximum atomic E-state index is 12.9. The van der Waals surface area contributed by atoms with E-state index in [0.29, 0.717) is 23.5 Å². The summed E-state index contributed by atoms with van der Waals surface area (Å²) in [6, 6.07) is 6.89. The van der Waals surface area contributed by atoms with Gasteiger partial charge >= 0.3 is 12.1 Å². The lowest BCUT2D eigenvalue weighted by atomic mass is 10.1. The van der Waals surface area contributed by atoms with Gasteiger partial charge in [0, 0.05) is 43.2 Å². The summed E-state index contributed by atoms with van der Waals surface area (Å²) in [7, 11) is 2.78. The number of hydrogen-bond acceptors (Lipinski definition) is 6. The first-order chi connectivity index (χ1) is 14.7. The standard InChI is InChI=1S/C20H17ClF3N5O2/c1-29-11-15(20(22,23)24)27-18(29)13-5-3-12(4-6-13)9-25-17-14(7-8-16(30)31-2)10-26-19(21)28-17/h3-8,10-11H,9H2,1-2H3,(H,25,26,28)/b8-7+. The number of halogens is 4. The van der Waals surface area contributed by atoms with Gasteiger partial charge < -0.3 is 14.6 Å². The van der Waals surface area contributed by atoms with Gasteiger partial charge in [-0.25, -0.2) is 19.7 Å². The van der Waals surface area contributed by atoms with Crippen molar-refractivity contribution in [3.05, 3.63) is 64.8 Å². The molecule has 0 aliphatic carbocycles. The van der Waals surface area contributed by atoms with Crippen molar-refractivity contribution in [2.45, 2.75) is 12.7 Å². The summed E-state index contributed by atoms with van der Waals surface area (Å²) >= 11 is 5.86. The van der Waals surface area contributed by atoms with Crippen molar-refractivity contribution in [1.82, 2.24) is 19.5 Å². The van der Waals surface area contributed by atoms with Crippen molar-refractivity contribution in [1.29, 1.82) is 0 Å². The highest BCUT2D eigenvalue weighted by Gasteiger charge is 2.34. The van der Waals surface area contributed by atoms with Gasteiger partial charge in [-0.2, -0.15) is 13.2 Å². The van der Waals surface area contributed by atoms with E-state index in [-0.39, 0.29) is 11.1 Å². The number of hydrogen-bond donors (Lipinski definition) is 1. The third kappa shape index (κ3) is 5.60. The highest BCUT2D eigenvalue weighted by atomic mass is 35.5. The summed E-state index contributed by atoms with van der Waals surface area (Å²) < 4.78 is 44.5. The van der Waals surface area contributed by atoms with Crippen LogP contribution in [0.25, 0.3) is 17.5 Å². The maximum absolute atomic E-state index is 12.9. The molecule has 0 saturated carbocycles. The minimum atomic E-state index is -4.50. The Morgan fingerprint density at radius 3 is 2.58 bits per heavy atom. The number of rotatable bonds is 6. The molecule has 1 N–H and O–H groups in total. The van der Waals surface area contributed by atoms with E-state index in [1.54, 1.807) is 24.3 Å². The van der Waals surface area contributed by atoms with Crippen LogP contribution in [0.2, 0.25) is 5.28 Å². The number of methoxy groups -OCH3 is 1. The summed E-state index contributed by atoms with van der Waals surface area (Å²) in [5, 5.41) is 3.13. The van der Waals surface area contributed by atoms with Crippen molar-refractivity contribution in [3.8, 4) is 11.4 Å². The van der Waals surface area contributed by atoms with Crippen LogP contribution in [0.4, 0.5) is 19.0 Å². The Balaban J connectivity index is 1.75. The van der Waals surface area contributed by atoms with E-state index in [2.05, 4.69) is 25.0 Å². The number of aromatic nitrogens is 4. The van der Waals surface area contributed by atoms with E-state index >= 15 is 0 Å². The Labute approximate surface area is 180 Å². The van der Waals surface area contributed by atoms with Crippen molar-refractivity contribution >= 4 is 29.5 Å². The number of alkyl halides is 3. The summed E-state index contributed by atoms with van der Waals surface area (Å²) in [5.41, 5.74) is 0.975. The predicted molar refractivity (Wildman–Crippen MR) is 109 cm³/mol. The third-order valence-electron chi connectivity index (χ3n) is 4.23. The maximum Gasteiger partial charge on any atom is 0.434 e. The molecule has 0 bridgehead atoms. The number of anilines is 1. The van der Waals surface area contributed by atoms with Crippen molar-refractivity contribution < 1.29 is 22.7 Å². The first kappa shape index (κ1) is 22.3. The second-order valence-electron chi connectivity index (χ2n) is 6.41. The minimum Gasteiger partial charge on any atom is -0.466 e. The largest absolute Gasteiger partial charge is 0.466 e. The van der Waals surface area contributed by atoms with E-state index < -0.39 is 17.8 Å². The number of carbonyl (C=O) groups excluding carboxylic acids is 1. The van der Waals surface area contributed by atoms with Gasteiger partial charge in [-0.1, -0.05) is 24.3 Å². The molecular formula is C20H17ClF3N5O2. The molecule has 2 heterocycles. The smallest absolute Gasteiger partial charge is 0.434 e. The van der Waals surface area contributed by atoms with E-state index in [0.717, 1.165) is 11.8 Å². The lowest BCUT2D eigenvalue weighted by molar-refractivity contribution is -0.141. The monoisotopic (exact) mass is 451 g/mol. The number of nitrogens with one attached hydrogen (secondary N) is 1. The van der Waals surface area contributed by atoms with E-state index in [9.17, 15) is 18.0 Å². The fourth-order valence-corrected chi connectivity index (χ4v) is 2.82. The molecule has 3 rings (SSSR count). The van der Waals surface area contributed by atoms with E-state index in [1.165, 1.54) is 37.1 Å². The van der Waals surface area contributed by atoms with Crippen molar-refractivity contribution in [2.24, 2.45) is 7.05 Å². The molecule has 162 valence electrons. The Morgan fingerprint density at radius 1 is 1.26 bits per heavy atom. The zero-order valence-corrected chi connectivity index (χ0v) is 17.2. The average molecular weight is 452 g/mol. The van der Waals surface area contributed by atoms with Crippen LogP contribution in [-0.2, 0) is 29.3 Å². The lowest BCUT2D eigenvalue weighted by Gasteiger charge is -2.09. The van der Waals surface area contributed by atoms with Crippen LogP contribution in [0, 0.1) is 0 Å². The molecule has 0 spiro atoms. The van der Waals surface area contributed by atoms with Crippen LogP contribution in [0.1, 0.15) is 16.8 Å². The van der Waals surface area contributed by atoms with Gasteiger partial charge in [-0.3, -0.25) is 0 Å². The van der Waals surface area contributed by atoms with Crippen LogP contribution in [0.5, 0.6) is 0 Å². The first-order valence-corrected chi connectivity index (χ1v) is 9.27. The predicted octanol–water partition coefficient (Wildman–Crippen LogP) is 4.35. The highest BCUT2D eigenvalue weighted by molar-refractivity contribution is 6.28. The molecule has 0 aliphatic heterocycles. The number of nitrogens with zero attached hydrogens (tertiary/aromatic N) is 4. The fourth-order valence-electron chi connectivity index (χ4n) is 2.69. The second-order valence-corrected chi connectivity index (χ2v) is 6.75. The zero-order chi connectivity index (χ0) is 22.6. The Hall–Kier alpha value is -3.40. The van der Waals surface area contributed by atoms with Crippen molar-refractivity contribution in [3.63, 3.8) is 0 Å². The number of ether oxygens (including phenoxy) is 1. The Morgan fingerprint density at radius 2 is 1.97 bits per heavy atom. The van der Waals surface area contributed by atoms with Gasteiger partial charge in [0.25, 0.3) is 0 Å². The molecule has 0 aliphatic rings. The topological polar surface area (TPSA) is 81.9 Å². The third-order valence-corrected chi connectivity index (χ3v) is 4.41. The van der Waals surface area contributed by atoms with Crippen LogP contribution < -0.4 is 5.32 Å². The SMILES string of the molecule is COC(=O)/C=C/c1cnc(Cl)nc1NCc1ccc(-c2nc(C(F)(F)F)cn2C)cc1. The Kier molecular flexibility index (Phi) is 6.59. The van der Waals surface area contributed by atoms with Gasteiger partial charge in [-0.05, 0) is 23.2 Å². The van der Waals surface area contributed by atoms with E-state index in [4.69, 9.17) is 11.6 Å². The molecule has 2 aromatic heterocycles. The summed E-state index contributed by atoms with van der Waals surface area (Å²) in [4.78, 5) is 23.0. The quantitative estimate of drug-likeness (QED) is 0.341. The molecular weight excluding hydrogens is 435 g/mol. The molecule has 0 unspecified atom stereocenters. The minimum absolute atomic E-state index is 0.0308. The first-order valence-electron chi connectivity index (χ1n) is 8.89. The molecule has 0 saturated heterocycles. The van der Waals surface area contributed by atoms with Gasteiger partial charge in [0.1, 0.15) is 11.6 Å². The molecule has 0 radical (unpaired) electrons. The highest BCUT2D eigenvalue weighted by Crippen LogP contribution is 2.30. The molecule has 0 fully saturated rings. The van der Waals surface area contributed by atoms with Crippen LogP contribution >= 0.6 is 11.6 Å². The molecule has 7 nitrogen and oxygen atoms in total. The molecule has 0 atom stereocenters. The number of esters is 1. The average Bonchev–Trinajstić information content (AvgIpc) is 3.13. The number of carbonyl (C=O) groups is 1. The van der Waals surface area contributed by atoms with Gasteiger partial charge in [0.2, 0.25) is 5.28 Å². The van der Waals surface area contributed by atoms with Crippen LogP contribution in [0.3, 0.4) is 0 Å². The second kappa shape index (κ2) is 9.17. The number of imidazole rings is 1. The number of benzene rings is 1. The number of aryl methyl sites for hydroxylation is 1. The van der Waals surface area contributed by atoms with Gasteiger partial charge in [0.15, 0.2) is 5.69 Å². The lowest BCUT2D eigenvalue weighted by Crippen LogP contribution is -2.05. The van der Waals surface area contributed by atoms with Gasteiger partial charge in [0.05, 0.1) is 7.11 Å². The molecule has 31 heavy (non-hydrogen) atoms. The molecule has 0 amide bonds. The summed E-state index contributed by atoms with van der Waals surface area (Å²) in [5.74, 6) is 0.0900. The van der Waals surface area contributed by atoms with Crippen LogP contribution in [0.15, 0.2) is 42.7 Å². The molecule has 11 heteroatoms. The van der Waals surface area contributed by atoms with Crippen molar-refractivity contribution in [2.75, 3.05) is 12.4 Å². The molecule has 3 aromatic rings. The Bertz CT molecular complexity index is 1110.